The Labute approximate surface area is 210 Å². The lowest BCUT2D eigenvalue weighted by atomic mass is 10.1. The van der Waals surface area contributed by atoms with Gasteiger partial charge in [-0.05, 0) is 25.7 Å². The number of carbonyl (C=O) groups is 3. The summed E-state index contributed by atoms with van der Waals surface area (Å²) in [7, 11) is 0. The van der Waals surface area contributed by atoms with Crippen LogP contribution in [0.1, 0.15) is 59.3 Å². The number of unbranched alkanes of at least 4 members (excludes halogenated alkanes) is 1. The van der Waals surface area contributed by atoms with Crippen molar-refractivity contribution in [2.24, 2.45) is 5.73 Å². The molecule has 4 N–H and O–H groups in total. The molecule has 0 rings (SSSR count). The third-order valence-electron chi connectivity index (χ3n) is 4.68. The van der Waals surface area contributed by atoms with Crippen LogP contribution in [0.4, 0.5) is 0 Å². The van der Waals surface area contributed by atoms with Crippen LogP contribution < -0.4 is 11.1 Å². The van der Waals surface area contributed by atoms with Crippen LogP contribution in [0.3, 0.4) is 0 Å². The molecule has 0 fully saturated rings. The summed E-state index contributed by atoms with van der Waals surface area (Å²) in [5, 5.41) is 11.4. The SMILES string of the molecule is C.CCC(=O)CCCOCCOCCOCCOCCOCCC(=O)NCCCCC(N)C(=O)O. The first-order valence-electron chi connectivity index (χ1n) is 12.1. The van der Waals surface area contributed by atoms with Gasteiger partial charge in [-0.15, -0.1) is 0 Å². The molecule has 0 aromatic carbocycles. The molecule has 0 aliphatic carbocycles. The fourth-order valence-corrected chi connectivity index (χ4v) is 2.62. The molecule has 0 aromatic heterocycles. The number of hydrogen-bond donors (Lipinski definition) is 3. The van der Waals surface area contributed by atoms with Gasteiger partial charge in [0.2, 0.25) is 5.91 Å². The van der Waals surface area contributed by atoms with E-state index in [4.69, 9.17) is 34.5 Å². The number of carbonyl (C=O) groups excluding carboxylic acids is 2. The van der Waals surface area contributed by atoms with E-state index in [1.807, 2.05) is 6.92 Å². The highest BCUT2D eigenvalue weighted by Crippen LogP contribution is 1.98. The molecule has 208 valence electrons. The third kappa shape index (κ3) is 26.8. The van der Waals surface area contributed by atoms with Crippen molar-refractivity contribution >= 4 is 17.7 Å². The zero-order chi connectivity index (χ0) is 25.3. The number of rotatable bonds is 26. The van der Waals surface area contributed by atoms with Crippen LogP contribution in [-0.2, 0) is 38.1 Å². The number of Topliss-reactive ketones (excluding diaryl/α,β-unsaturated/α-hetero) is 1. The zero-order valence-corrected chi connectivity index (χ0v) is 20.6. The largest absolute Gasteiger partial charge is 0.480 e. The van der Waals surface area contributed by atoms with Gasteiger partial charge in [-0.3, -0.25) is 14.4 Å². The lowest BCUT2D eigenvalue weighted by molar-refractivity contribution is -0.138. The molecule has 1 amide bonds. The van der Waals surface area contributed by atoms with Gasteiger partial charge in [0.05, 0.1) is 59.5 Å². The molecule has 35 heavy (non-hydrogen) atoms. The molecule has 1 atom stereocenters. The average molecular weight is 509 g/mol. The summed E-state index contributed by atoms with van der Waals surface area (Å²) in [6.07, 6.45) is 3.92. The maximum Gasteiger partial charge on any atom is 0.320 e. The third-order valence-corrected chi connectivity index (χ3v) is 4.68. The molecule has 11 heteroatoms. The van der Waals surface area contributed by atoms with Crippen LogP contribution in [0.25, 0.3) is 0 Å². The maximum atomic E-state index is 11.7. The van der Waals surface area contributed by atoms with E-state index in [0.29, 0.717) is 105 Å². The number of hydrogen-bond acceptors (Lipinski definition) is 9. The van der Waals surface area contributed by atoms with Crippen LogP contribution in [0.5, 0.6) is 0 Å². The molecule has 1 unspecified atom stereocenters. The number of ether oxygens (including phenoxy) is 5. The number of carboxylic acid groups (broad SMARTS) is 1. The number of nitrogens with two attached hydrogens (primary N) is 1. The van der Waals surface area contributed by atoms with Crippen molar-refractivity contribution < 1.29 is 43.2 Å². The van der Waals surface area contributed by atoms with Gasteiger partial charge in [0.25, 0.3) is 0 Å². The molecule has 0 heterocycles. The lowest BCUT2D eigenvalue weighted by Gasteiger charge is -2.08. The van der Waals surface area contributed by atoms with E-state index in [1.165, 1.54) is 0 Å². The minimum Gasteiger partial charge on any atom is -0.480 e. The van der Waals surface area contributed by atoms with E-state index in [1.54, 1.807) is 0 Å². The number of nitrogens with one attached hydrogen (secondary N) is 1. The predicted octanol–water partition coefficient (Wildman–Crippen LogP) is 1.55. The van der Waals surface area contributed by atoms with Gasteiger partial charge in [0.1, 0.15) is 11.8 Å². The van der Waals surface area contributed by atoms with Gasteiger partial charge in [-0.1, -0.05) is 14.4 Å². The molecule has 0 saturated heterocycles. The molecule has 0 aliphatic heterocycles. The van der Waals surface area contributed by atoms with Gasteiger partial charge in [0.15, 0.2) is 0 Å². The Morgan fingerprint density at radius 2 is 1.23 bits per heavy atom. The second-order valence-electron chi connectivity index (χ2n) is 7.60. The van der Waals surface area contributed by atoms with E-state index in [2.05, 4.69) is 5.32 Å². The molecule has 11 nitrogen and oxygen atoms in total. The second kappa shape index (κ2) is 27.0. The van der Waals surface area contributed by atoms with E-state index < -0.39 is 12.0 Å². The van der Waals surface area contributed by atoms with Crippen molar-refractivity contribution in [2.45, 2.75) is 65.3 Å². The van der Waals surface area contributed by atoms with E-state index in [-0.39, 0.29) is 25.5 Å². The van der Waals surface area contributed by atoms with Crippen LogP contribution in [0.2, 0.25) is 0 Å². The summed E-state index contributed by atoms with van der Waals surface area (Å²) < 4.78 is 26.9. The first-order valence-corrected chi connectivity index (χ1v) is 12.1. The molecule has 0 aliphatic rings. The summed E-state index contributed by atoms with van der Waals surface area (Å²) in [6.45, 7) is 6.96. The van der Waals surface area contributed by atoms with Gasteiger partial charge in [0, 0.05) is 32.4 Å². The van der Waals surface area contributed by atoms with Crippen molar-refractivity contribution in [1.82, 2.24) is 5.32 Å². The van der Waals surface area contributed by atoms with Crippen molar-refractivity contribution in [3.63, 3.8) is 0 Å². The van der Waals surface area contributed by atoms with Crippen molar-refractivity contribution in [3.8, 4) is 0 Å². The van der Waals surface area contributed by atoms with Crippen LogP contribution in [0.15, 0.2) is 0 Å². The van der Waals surface area contributed by atoms with Crippen LogP contribution >= 0.6 is 0 Å². The smallest absolute Gasteiger partial charge is 0.320 e. The van der Waals surface area contributed by atoms with Crippen molar-refractivity contribution in [1.29, 1.82) is 0 Å². The Kier molecular flexibility index (Phi) is 27.4. The van der Waals surface area contributed by atoms with Crippen molar-refractivity contribution in [2.75, 3.05) is 72.6 Å². The number of carboxylic acids is 1. The number of aliphatic carboxylic acids is 1. The first kappa shape index (κ1) is 35.5. The van der Waals surface area contributed by atoms with Gasteiger partial charge in [-0.25, -0.2) is 0 Å². The summed E-state index contributed by atoms with van der Waals surface area (Å²) in [6, 6.07) is -0.844. The highest BCUT2D eigenvalue weighted by atomic mass is 16.6. The molecule has 0 radical (unpaired) electrons. The topological polar surface area (TPSA) is 156 Å². The standard InChI is InChI=1S/C23H44N2O9.CH4/c1-2-20(26)6-5-10-30-12-14-32-16-18-34-19-17-33-15-13-31-11-8-22(27)25-9-4-3-7-21(24)23(28)29;/h21H,2-19,24H2,1H3,(H,25,27)(H,28,29);1H4. The summed E-state index contributed by atoms with van der Waals surface area (Å²) >= 11 is 0. The predicted molar refractivity (Wildman–Crippen MR) is 132 cm³/mol. The fraction of sp³-hybridized carbons (Fsp3) is 0.875. The average Bonchev–Trinajstić information content (AvgIpc) is 2.82. The first-order chi connectivity index (χ1) is 16.5. The minimum absolute atomic E-state index is 0. The Balaban J connectivity index is 0. The molecule has 0 spiro atoms. The zero-order valence-electron chi connectivity index (χ0n) is 20.6. The summed E-state index contributed by atoms with van der Waals surface area (Å²) in [5.41, 5.74) is 5.41. The molecule has 0 aromatic rings. The van der Waals surface area contributed by atoms with E-state index >= 15 is 0 Å². The van der Waals surface area contributed by atoms with E-state index in [9.17, 15) is 14.4 Å². The highest BCUT2D eigenvalue weighted by molar-refractivity contribution is 5.77. The molecule has 0 bridgehead atoms. The molecule has 0 saturated carbocycles. The summed E-state index contributed by atoms with van der Waals surface area (Å²) in [5.74, 6) is -0.843. The fourth-order valence-electron chi connectivity index (χ4n) is 2.62. The molecular weight excluding hydrogens is 460 g/mol. The quantitative estimate of drug-likeness (QED) is 0.147. The monoisotopic (exact) mass is 508 g/mol. The van der Waals surface area contributed by atoms with E-state index in [0.717, 1.165) is 6.42 Å². The molecular formula is C24H48N2O9. The van der Waals surface area contributed by atoms with Crippen LogP contribution in [-0.4, -0.2) is 101 Å². The van der Waals surface area contributed by atoms with Crippen molar-refractivity contribution in [3.05, 3.63) is 0 Å². The Morgan fingerprint density at radius 3 is 1.71 bits per heavy atom. The minimum atomic E-state index is -1.00. The second-order valence-corrected chi connectivity index (χ2v) is 7.60. The number of ketones is 1. The van der Waals surface area contributed by atoms with Gasteiger partial charge in [-0.2, -0.15) is 0 Å². The summed E-state index contributed by atoms with van der Waals surface area (Å²) in [4.78, 5) is 33.4. The normalized spacial score (nSPS) is 11.6. The van der Waals surface area contributed by atoms with Gasteiger partial charge < -0.3 is 39.8 Å². The number of amides is 1. The Hall–Kier alpha value is -1.63. The highest BCUT2D eigenvalue weighted by Gasteiger charge is 2.10. The van der Waals surface area contributed by atoms with Gasteiger partial charge >= 0.3 is 5.97 Å². The Morgan fingerprint density at radius 1 is 0.743 bits per heavy atom. The Bertz CT molecular complexity index is 521. The van der Waals surface area contributed by atoms with Crippen LogP contribution in [0, 0.1) is 0 Å². The maximum absolute atomic E-state index is 11.7. The lowest BCUT2D eigenvalue weighted by Crippen LogP contribution is -2.30.